The highest BCUT2D eigenvalue weighted by Crippen LogP contribution is 2.60. The van der Waals surface area contributed by atoms with Gasteiger partial charge in [-0.3, -0.25) is 0 Å². The molecule has 0 radical (unpaired) electrons. The number of hydrogen-bond acceptors (Lipinski definition) is 1. The van der Waals surface area contributed by atoms with Crippen molar-refractivity contribution in [3.05, 3.63) is 301 Å². The topological polar surface area (TPSA) is 8.17 Å². The zero-order valence-corrected chi connectivity index (χ0v) is 38.0. The van der Waals surface area contributed by atoms with E-state index in [1.54, 1.807) is 0 Å². The summed E-state index contributed by atoms with van der Waals surface area (Å²) in [5, 5.41) is 2.40. The molecule has 0 saturated carbocycles. The molecule has 324 valence electrons. The number of benzene rings is 11. The van der Waals surface area contributed by atoms with Crippen LogP contribution in [-0.2, 0) is 5.41 Å². The first-order valence-electron chi connectivity index (χ1n) is 23.9. The SMILES string of the molecule is c1ccc(-c2ccccc2-c2c(-c3ccccc3)cccc2N(c2ccc3c(c2)c2ccccc2n3-c2ccccc2)c2cccc3c2-c2ccccc2C3(c2ccccc2)c2ccccc2)cc1. The lowest BCUT2D eigenvalue weighted by Crippen LogP contribution is -2.28. The van der Waals surface area contributed by atoms with Crippen LogP contribution in [0.25, 0.3) is 72.0 Å². The van der Waals surface area contributed by atoms with Crippen LogP contribution in [0.1, 0.15) is 22.3 Å². The average molecular weight is 879 g/mol. The van der Waals surface area contributed by atoms with Crippen molar-refractivity contribution in [1.82, 2.24) is 4.57 Å². The van der Waals surface area contributed by atoms with Crippen LogP contribution in [0, 0.1) is 0 Å². The maximum absolute atomic E-state index is 2.57. The summed E-state index contributed by atoms with van der Waals surface area (Å²) in [4.78, 5) is 2.57. The summed E-state index contributed by atoms with van der Waals surface area (Å²) in [5.41, 5.74) is 20.7. The van der Waals surface area contributed by atoms with Crippen LogP contribution >= 0.6 is 0 Å². The normalized spacial score (nSPS) is 12.5. The third kappa shape index (κ3) is 6.41. The van der Waals surface area contributed by atoms with Crippen LogP contribution in [0.2, 0.25) is 0 Å². The highest BCUT2D eigenvalue weighted by molar-refractivity contribution is 6.12. The van der Waals surface area contributed by atoms with Crippen molar-refractivity contribution in [2.75, 3.05) is 4.90 Å². The van der Waals surface area contributed by atoms with E-state index >= 15 is 0 Å². The standard InChI is InChI=1S/C67H46N2/c1-6-24-47(25-7-1)53-34-16-17-36-56(53)65-54(48-26-8-2-9-27-48)38-22-42-63(65)69(52-44-45-62-58(46-52)55-35-19-21-41-61(55)68(62)51-32-14-5-15-33-51)64-43-23-40-60-66(64)57-37-18-20-39-59(57)67(60,49-28-10-3-11-29-49)50-30-12-4-13-31-50/h1-46H. The highest BCUT2D eigenvalue weighted by atomic mass is 15.2. The van der Waals surface area contributed by atoms with Gasteiger partial charge < -0.3 is 9.47 Å². The molecule has 1 aliphatic rings. The van der Waals surface area contributed by atoms with Crippen LogP contribution in [-0.4, -0.2) is 4.57 Å². The summed E-state index contributed by atoms with van der Waals surface area (Å²) in [6.45, 7) is 0. The Balaban J connectivity index is 1.17. The fourth-order valence-electron chi connectivity index (χ4n) is 11.5. The van der Waals surface area contributed by atoms with Gasteiger partial charge in [0.05, 0.1) is 27.8 Å². The highest BCUT2D eigenvalue weighted by Gasteiger charge is 2.47. The lowest BCUT2D eigenvalue weighted by atomic mass is 9.68. The van der Waals surface area contributed by atoms with Gasteiger partial charge in [-0.2, -0.15) is 0 Å². The van der Waals surface area contributed by atoms with Crippen molar-refractivity contribution >= 4 is 38.9 Å². The zero-order chi connectivity index (χ0) is 45.7. The van der Waals surface area contributed by atoms with Crippen molar-refractivity contribution in [1.29, 1.82) is 0 Å². The van der Waals surface area contributed by atoms with Crippen LogP contribution in [0.15, 0.2) is 279 Å². The van der Waals surface area contributed by atoms with E-state index in [1.165, 1.54) is 71.9 Å². The molecule has 0 atom stereocenters. The maximum Gasteiger partial charge on any atom is 0.0714 e. The fraction of sp³-hybridized carbons (Fsp3) is 0.0149. The van der Waals surface area contributed by atoms with Gasteiger partial charge in [0.1, 0.15) is 0 Å². The van der Waals surface area contributed by atoms with Crippen LogP contribution < -0.4 is 4.90 Å². The van der Waals surface area contributed by atoms with E-state index in [0.717, 1.165) is 39.4 Å². The second-order valence-electron chi connectivity index (χ2n) is 17.9. The number of fused-ring (bicyclic) bond motifs is 6. The Labute approximate surface area is 403 Å². The molecule has 69 heavy (non-hydrogen) atoms. The van der Waals surface area contributed by atoms with Gasteiger partial charge in [0.2, 0.25) is 0 Å². The molecule has 0 amide bonds. The summed E-state index contributed by atoms with van der Waals surface area (Å²) in [7, 11) is 0. The molecule has 12 aromatic rings. The minimum Gasteiger partial charge on any atom is -0.309 e. The molecule has 1 heterocycles. The van der Waals surface area contributed by atoms with Gasteiger partial charge in [0.25, 0.3) is 0 Å². The summed E-state index contributed by atoms with van der Waals surface area (Å²) >= 11 is 0. The summed E-state index contributed by atoms with van der Waals surface area (Å²) in [6, 6.07) is 103. The zero-order valence-electron chi connectivity index (χ0n) is 38.0. The molecule has 0 N–H and O–H groups in total. The first-order valence-corrected chi connectivity index (χ1v) is 23.9. The van der Waals surface area contributed by atoms with Crippen molar-refractivity contribution < 1.29 is 0 Å². The molecule has 11 aromatic carbocycles. The van der Waals surface area contributed by atoms with Gasteiger partial charge >= 0.3 is 0 Å². The number of para-hydroxylation sites is 2. The smallest absolute Gasteiger partial charge is 0.0714 e. The lowest BCUT2D eigenvalue weighted by Gasteiger charge is -2.35. The molecule has 0 aliphatic heterocycles. The van der Waals surface area contributed by atoms with Crippen molar-refractivity contribution in [2.24, 2.45) is 0 Å². The van der Waals surface area contributed by atoms with Gasteiger partial charge in [0, 0.05) is 33.3 Å². The molecule has 13 rings (SSSR count). The molecule has 2 nitrogen and oxygen atoms in total. The summed E-state index contributed by atoms with van der Waals surface area (Å²) < 4.78 is 2.40. The maximum atomic E-state index is 2.57. The van der Waals surface area contributed by atoms with Crippen LogP contribution in [0.4, 0.5) is 17.1 Å². The minimum atomic E-state index is -0.572. The Kier molecular flexibility index (Phi) is 9.77. The third-order valence-corrected chi connectivity index (χ3v) is 14.3. The molecule has 2 heteroatoms. The molecule has 0 spiro atoms. The van der Waals surface area contributed by atoms with Gasteiger partial charge in [-0.05, 0) is 104 Å². The molecule has 0 unspecified atom stereocenters. The Morgan fingerprint density at radius 1 is 0.304 bits per heavy atom. The molecule has 1 aromatic heterocycles. The monoisotopic (exact) mass is 878 g/mol. The largest absolute Gasteiger partial charge is 0.309 e. The fourth-order valence-corrected chi connectivity index (χ4v) is 11.5. The number of anilines is 3. The van der Waals surface area contributed by atoms with Gasteiger partial charge in [0.15, 0.2) is 0 Å². The number of hydrogen-bond donors (Lipinski definition) is 0. The van der Waals surface area contributed by atoms with E-state index in [0.29, 0.717) is 0 Å². The second-order valence-corrected chi connectivity index (χ2v) is 17.9. The predicted octanol–water partition coefficient (Wildman–Crippen LogP) is 17.6. The van der Waals surface area contributed by atoms with E-state index in [2.05, 4.69) is 289 Å². The van der Waals surface area contributed by atoms with Crippen LogP contribution in [0.5, 0.6) is 0 Å². The summed E-state index contributed by atoms with van der Waals surface area (Å²) in [5.74, 6) is 0. The summed E-state index contributed by atoms with van der Waals surface area (Å²) in [6.07, 6.45) is 0. The Morgan fingerprint density at radius 3 is 1.46 bits per heavy atom. The Bertz CT molecular complexity index is 3780. The molecular weight excluding hydrogens is 833 g/mol. The lowest BCUT2D eigenvalue weighted by molar-refractivity contribution is 0.768. The predicted molar refractivity (Wildman–Crippen MR) is 289 cm³/mol. The first-order chi connectivity index (χ1) is 34.3. The van der Waals surface area contributed by atoms with E-state index < -0.39 is 5.41 Å². The van der Waals surface area contributed by atoms with Gasteiger partial charge in [-0.15, -0.1) is 0 Å². The first kappa shape index (κ1) is 40.3. The van der Waals surface area contributed by atoms with E-state index in [1.807, 2.05) is 0 Å². The minimum absolute atomic E-state index is 0.572. The van der Waals surface area contributed by atoms with Crippen molar-refractivity contribution in [2.45, 2.75) is 5.41 Å². The van der Waals surface area contributed by atoms with E-state index in [-0.39, 0.29) is 0 Å². The van der Waals surface area contributed by atoms with Gasteiger partial charge in [-0.1, -0.05) is 231 Å². The molecule has 0 saturated heterocycles. The van der Waals surface area contributed by atoms with Crippen molar-refractivity contribution in [3.8, 4) is 50.2 Å². The Morgan fingerprint density at radius 2 is 0.783 bits per heavy atom. The third-order valence-electron chi connectivity index (χ3n) is 14.3. The molecule has 1 aliphatic carbocycles. The molecular formula is C67H46N2. The number of aromatic nitrogens is 1. The van der Waals surface area contributed by atoms with E-state index in [4.69, 9.17) is 0 Å². The quantitative estimate of drug-likeness (QED) is 0.140. The second kappa shape index (κ2) is 16.7. The average Bonchev–Trinajstić information content (AvgIpc) is 3.93. The number of nitrogens with zero attached hydrogens (tertiary/aromatic N) is 2. The van der Waals surface area contributed by atoms with Gasteiger partial charge in [-0.25, -0.2) is 0 Å². The molecule has 0 fully saturated rings. The molecule has 0 bridgehead atoms. The van der Waals surface area contributed by atoms with Crippen LogP contribution in [0.3, 0.4) is 0 Å². The Hall–Kier alpha value is -8.98. The van der Waals surface area contributed by atoms with Crippen molar-refractivity contribution in [3.63, 3.8) is 0 Å². The number of rotatable bonds is 9. The van der Waals surface area contributed by atoms with E-state index in [9.17, 15) is 0 Å².